The summed E-state index contributed by atoms with van der Waals surface area (Å²) in [6.45, 7) is 7.12. The molecule has 0 aliphatic carbocycles. The molecule has 0 aliphatic rings. The predicted molar refractivity (Wildman–Crippen MR) is 80.8 cm³/mol. The Morgan fingerprint density at radius 1 is 1.19 bits per heavy atom. The highest BCUT2D eigenvalue weighted by molar-refractivity contribution is 5.91. The van der Waals surface area contributed by atoms with Crippen molar-refractivity contribution in [1.29, 1.82) is 0 Å². The Bertz CT molecular complexity index is 493. The number of benzene rings is 1. The van der Waals surface area contributed by atoms with E-state index in [1.165, 1.54) is 6.07 Å². The number of carbonyl (C=O) groups excluding carboxylic acids is 1. The summed E-state index contributed by atoms with van der Waals surface area (Å²) in [4.78, 5) is 25.0. The van der Waals surface area contributed by atoms with E-state index in [9.17, 15) is 9.59 Å². The highest BCUT2D eigenvalue weighted by Gasteiger charge is 2.16. The summed E-state index contributed by atoms with van der Waals surface area (Å²) in [6, 6.07) is 4.84. The molecule has 0 saturated heterocycles. The minimum atomic E-state index is -1.06. The van der Waals surface area contributed by atoms with Gasteiger partial charge in [-0.3, -0.25) is 4.79 Å². The quantitative estimate of drug-likeness (QED) is 0.800. The lowest BCUT2D eigenvalue weighted by molar-refractivity contribution is -0.133. The SMILES string of the molecule is CCCN(CCC)C(=O)COc1cc(C)ccc1C(=O)O. The molecule has 0 atom stereocenters. The molecule has 0 radical (unpaired) electrons. The van der Waals surface area contributed by atoms with Crippen LogP contribution in [0.1, 0.15) is 42.6 Å². The summed E-state index contributed by atoms with van der Waals surface area (Å²) in [5.41, 5.74) is 0.965. The molecular weight excluding hydrogens is 270 g/mol. The molecule has 1 aromatic rings. The first-order valence-corrected chi connectivity index (χ1v) is 7.24. The highest BCUT2D eigenvalue weighted by Crippen LogP contribution is 2.20. The van der Waals surface area contributed by atoms with Gasteiger partial charge in [-0.1, -0.05) is 19.9 Å². The Morgan fingerprint density at radius 3 is 2.33 bits per heavy atom. The van der Waals surface area contributed by atoms with Crippen LogP contribution in [0, 0.1) is 6.92 Å². The van der Waals surface area contributed by atoms with Crippen LogP contribution in [0.25, 0.3) is 0 Å². The molecule has 1 aromatic carbocycles. The lowest BCUT2D eigenvalue weighted by atomic mass is 10.1. The Balaban J connectivity index is 2.75. The standard InChI is InChI=1S/C16H23NO4/c1-4-8-17(9-5-2)15(18)11-21-14-10-12(3)6-7-13(14)16(19)20/h6-7,10H,4-5,8-9,11H2,1-3H3,(H,19,20). The summed E-state index contributed by atoms with van der Waals surface area (Å²) in [5.74, 6) is -0.934. The molecule has 116 valence electrons. The molecular formula is C16H23NO4. The molecule has 0 fully saturated rings. The van der Waals surface area contributed by atoms with Crippen molar-refractivity contribution >= 4 is 11.9 Å². The van der Waals surface area contributed by atoms with Crippen LogP contribution in [0.3, 0.4) is 0 Å². The van der Waals surface area contributed by atoms with Gasteiger partial charge in [-0.05, 0) is 37.5 Å². The first-order valence-electron chi connectivity index (χ1n) is 7.24. The average molecular weight is 293 g/mol. The molecule has 0 aliphatic heterocycles. The van der Waals surface area contributed by atoms with Crippen LogP contribution in [0.5, 0.6) is 5.75 Å². The Hall–Kier alpha value is -2.04. The zero-order valence-electron chi connectivity index (χ0n) is 12.9. The van der Waals surface area contributed by atoms with Crippen molar-refractivity contribution in [2.75, 3.05) is 19.7 Å². The van der Waals surface area contributed by atoms with Crippen molar-refractivity contribution in [1.82, 2.24) is 4.90 Å². The molecule has 1 amide bonds. The normalized spacial score (nSPS) is 10.2. The summed E-state index contributed by atoms with van der Waals surface area (Å²) in [6.07, 6.45) is 1.77. The zero-order chi connectivity index (χ0) is 15.8. The summed E-state index contributed by atoms with van der Waals surface area (Å²) in [7, 11) is 0. The van der Waals surface area contributed by atoms with Crippen LogP contribution in [0.15, 0.2) is 18.2 Å². The van der Waals surface area contributed by atoms with Gasteiger partial charge in [0.25, 0.3) is 5.91 Å². The highest BCUT2D eigenvalue weighted by atomic mass is 16.5. The van der Waals surface area contributed by atoms with Crippen LogP contribution >= 0.6 is 0 Å². The molecule has 0 saturated carbocycles. The van der Waals surface area contributed by atoms with Crippen molar-refractivity contribution < 1.29 is 19.4 Å². The monoisotopic (exact) mass is 293 g/mol. The van der Waals surface area contributed by atoms with Crippen molar-refractivity contribution in [3.63, 3.8) is 0 Å². The largest absolute Gasteiger partial charge is 0.483 e. The number of hydrogen-bond acceptors (Lipinski definition) is 3. The maximum Gasteiger partial charge on any atom is 0.339 e. The lowest BCUT2D eigenvalue weighted by Crippen LogP contribution is -2.36. The van der Waals surface area contributed by atoms with Gasteiger partial charge in [-0.2, -0.15) is 0 Å². The van der Waals surface area contributed by atoms with Crippen molar-refractivity contribution in [3.8, 4) is 5.75 Å². The van der Waals surface area contributed by atoms with Gasteiger partial charge in [0.2, 0.25) is 0 Å². The Morgan fingerprint density at radius 2 is 1.81 bits per heavy atom. The van der Waals surface area contributed by atoms with Crippen molar-refractivity contribution in [2.24, 2.45) is 0 Å². The van der Waals surface area contributed by atoms with Crippen LogP contribution in [-0.2, 0) is 4.79 Å². The number of carboxylic acids is 1. The van der Waals surface area contributed by atoms with Gasteiger partial charge in [0, 0.05) is 13.1 Å². The molecule has 1 N–H and O–H groups in total. The molecule has 1 rings (SSSR count). The van der Waals surface area contributed by atoms with Gasteiger partial charge < -0.3 is 14.7 Å². The molecule has 21 heavy (non-hydrogen) atoms. The van der Waals surface area contributed by atoms with Crippen LogP contribution in [0.4, 0.5) is 0 Å². The average Bonchev–Trinajstić information content (AvgIpc) is 2.44. The van der Waals surface area contributed by atoms with E-state index in [2.05, 4.69) is 0 Å². The number of aromatic carboxylic acids is 1. The van der Waals surface area contributed by atoms with E-state index in [0.717, 1.165) is 18.4 Å². The van der Waals surface area contributed by atoms with E-state index in [1.807, 2.05) is 20.8 Å². The minimum absolute atomic E-state index is 0.0749. The molecule has 0 heterocycles. The number of ether oxygens (including phenoxy) is 1. The molecule has 0 aromatic heterocycles. The second-order valence-electron chi connectivity index (χ2n) is 4.97. The molecule has 0 unspecified atom stereocenters. The van der Waals surface area contributed by atoms with E-state index in [1.54, 1.807) is 17.0 Å². The fourth-order valence-electron chi connectivity index (χ4n) is 2.06. The number of amides is 1. The van der Waals surface area contributed by atoms with E-state index in [4.69, 9.17) is 9.84 Å². The fourth-order valence-corrected chi connectivity index (χ4v) is 2.06. The predicted octanol–water partition coefficient (Wildman–Crippen LogP) is 2.72. The number of carboxylic acid groups (broad SMARTS) is 1. The Kier molecular flexibility index (Phi) is 6.72. The third-order valence-corrected chi connectivity index (χ3v) is 3.06. The smallest absolute Gasteiger partial charge is 0.339 e. The topological polar surface area (TPSA) is 66.8 Å². The molecule has 0 spiro atoms. The van der Waals surface area contributed by atoms with Crippen LogP contribution in [0.2, 0.25) is 0 Å². The van der Waals surface area contributed by atoms with E-state index in [0.29, 0.717) is 13.1 Å². The first-order chi connectivity index (χ1) is 9.99. The maximum atomic E-state index is 12.1. The third-order valence-electron chi connectivity index (χ3n) is 3.06. The van der Waals surface area contributed by atoms with Gasteiger partial charge in [0.15, 0.2) is 6.61 Å². The third kappa shape index (κ3) is 5.10. The Labute approximate surface area is 125 Å². The summed E-state index contributed by atoms with van der Waals surface area (Å²) in [5, 5.41) is 9.12. The molecule has 0 bridgehead atoms. The molecule has 5 nitrogen and oxygen atoms in total. The van der Waals surface area contributed by atoms with Gasteiger partial charge in [0.05, 0.1) is 0 Å². The number of aryl methyl sites for hydroxylation is 1. The number of hydrogen-bond donors (Lipinski definition) is 1. The summed E-state index contributed by atoms with van der Waals surface area (Å²) < 4.78 is 5.44. The number of rotatable bonds is 8. The van der Waals surface area contributed by atoms with Crippen LogP contribution < -0.4 is 4.74 Å². The lowest BCUT2D eigenvalue weighted by Gasteiger charge is -2.21. The van der Waals surface area contributed by atoms with Crippen LogP contribution in [-0.4, -0.2) is 41.6 Å². The zero-order valence-corrected chi connectivity index (χ0v) is 12.9. The minimum Gasteiger partial charge on any atom is -0.483 e. The van der Waals surface area contributed by atoms with Gasteiger partial charge in [-0.15, -0.1) is 0 Å². The second kappa shape index (κ2) is 8.29. The van der Waals surface area contributed by atoms with E-state index < -0.39 is 5.97 Å². The second-order valence-corrected chi connectivity index (χ2v) is 4.97. The first kappa shape index (κ1) is 17.0. The number of nitrogens with zero attached hydrogens (tertiary/aromatic N) is 1. The number of carbonyl (C=O) groups is 2. The van der Waals surface area contributed by atoms with Gasteiger partial charge in [-0.25, -0.2) is 4.79 Å². The fraction of sp³-hybridized carbons (Fsp3) is 0.500. The van der Waals surface area contributed by atoms with E-state index in [-0.39, 0.29) is 23.8 Å². The van der Waals surface area contributed by atoms with E-state index >= 15 is 0 Å². The van der Waals surface area contributed by atoms with Gasteiger partial charge >= 0.3 is 5.97 Å². The summed E-state index contributed by atoms with van der Waals surface area (Å²) >= 11 is 0. The maximum absolute atomic E-state index is 12.1. The van der Waals surface area contributed by atoms with Crippen molar-refractivity contribution in [2.45, 2.75) is 33.6 Å². The van der Waals surface area contributed by atoms with Gasteiger partial charge in [0.1, 0.15) is 11.3 Å². The molecule has 5 heteroatoms. The van der Waals surface area contributed by atoms with Crippen molar-refractivity contribution in [3.05, 3.63) is 29.3 Å².